The molecule has 40 valence electrons. The van der Waals surface area contributed by atoms with E-state index in [1.165, 1.54) is 6.42 Å². The summed E-state index contributed by atoms with van der Waals surface area (Å²) in [6, 6.07) is 0. The highest BCUT2D eigenvalue weighted by atomic mass is 14.3. The summed E-state index contributed by atoms with van der Waals surface area (Å²) < 4.78 is 0. The third-order valence-corrected chi connectivity index (χ3v) is 1.61. The molecule has 2 atom stereocenters. The Morgan fingerprint density at radius 2 is 2.14 bits per heavy atom. The van der Waals surface area contributed by atoms with Gasteiger partial charge in [-0.15, -0.1) is 0 Å². The summed E-state index contributed by atoms with van der Waals surface area (Å²) in [5.41, 5.74) is 0. The van der Waals surface area contributed by atoms with E-state index in [4.69, 9.17) is 0 Å². The van der Waals surface area contributed by atoms with Crippen LogP contribution in [0.3, 0.4) is 0 Å². The van der Waals surface area contributed by atoms with Crippen molar-refractivity contribution in [3.05, 3.63) is 12.2 Å². The maximum Gasteiger partial charge on any atom is -0.0205 e. The highest BCUT2D eigenvalue weighted by molar-refractivity contribution is 4.98. The van der Waals surface area contributed by atoms with E-state index < -0.39 is 0 Å². The molecule has 1 fully saturated rings. The molecule has 0 nitrogen and oxygen atoms in total. The largest absolute Gasteiger partial charge is 0.0914 e. The van der Waals surface area contributed by atoms with Crippen molar-refractivity contribution < 1.29 is 0 Å². The van der Waals surface area contributed by atoms with Crippen LogP contribution in [0.4, 0.5) is 0 Å². The highest BCUT2D eigenvalue weighted by Gasteiger charge is 2.28. The van der Waals surface area contributed by atoms with Crippen molar-refractivity contribution in [2.45, 2.75) is 20.3 Å². The minimum absolute atomic E-state index is 0.935. The first-order valence-electron chi connectivity index (χ1n) is 2.97. The summed E-state index contributed by atoms with van der Waals surface area (Å²) in [6.07, 6.45) is 5.86. The van der Waals surface area contributed by atoms with Gasteiger partial charge in [-0.3, -0.25) is 0 Å². The van der Waals surface area contributed by atoms with Crippen molar-refractivity contribution in [1.29, 1.82) is 0 Å². The van der Waals surface area contributed by atoms with Crippen LogP contribution in [0.5, 0.6) is 0 Å². The number of allylic oxidation sites excluding steroid dienone is 2. The Hall–Kier alpha value is -0.260. The molecular weight excluding hydrogens is 84.1 g/mol. The second kappa shape index (κ2) is 1.69. The number of hydrogen-bond acceptors (Lipinski definition) is 0. The predicted octanol–water partition coefficient (Wildman–Crippen LogP) is 2.22. The van der Waals surface area contributed by atoms with E-state index >= 15 is 0 Å². The minimum Gasteiger partial charge on any atom is -0.0914 e. The van der Waals surface area contributed by atoms with Crippen molar-refractivity contribution in [3.8, 4) is 0 Å². The average molecular weight is 96.2 g/mol. The van der Waals surface area contributed by atoms with Crippen LogP contribution in [0.2, 0.25) is 0 Å². The van der Waals surface area contributed by atoms with E-state index in [0.717, 1.165) is 11.8 Å². The lowest BCUT2D eigenvalue weighted by atomic mass is 10.3. The molecule has 0 unspecified atom stereocenters. The van der Waals surface area contributed by atoms with E-state index in [9.17, 15) is 0 Å². The predicted molar refractivity (Wildman–Crippen MR) is 32.1 cm³/mol. The smallest absolute Gasteiger partial charge is 0.0205 e. The number of rotatable bonds is 1. The van der Waals surface area contributed by atoms with Gasteiger partial charge in [-0.05, 0) is 25.2 Å². The van der Waals surface area contributed by atoms with Crippen LogP contribution in [0.15, 0.2) is 12.2 Å². The molecule has 0 N–H and O–H groups in total. The molecule has 0 amide bonds. The molecule has 0 radical (unpaired) electrons. The molecule has 0 aliphatic heterocycles. The van der Waals surface area contributed by atoms with Crippen LogP contribution in [0.25, 0.3) is 0 Å². The molecule has 0 spiro atoms. The zero-order valence-electron chi connectivity index (χ0n) is 5.02. The Labute approximate surface area is 45.2 Å². The fraction of sp³-hybridized carbons (Fsp3) is 0.714. The van der Waals surface area contributed by atoms with Crippen molar-refractivity contribution in [2.24, 2.45) is 11.8 Å². The van der Waals surface area contributed by atoms with Crippen LogP contribution in [-0.2, 0) is 0 Å². The van der Waals surface area contributed by atoms with Gasteiger partial charge in [0.1, 0.15) is 0 Å². The third-order valence-electron chi connectivity index (χ3n) is 1.61. The summed E-state index contributed by atoms with van der Waals surface area (Å²) in [5, 5.41) is 0. The molecule has 1 aliphatic carbocycles. The normalized spacial score (nSPS) is 39.7. The van der Waals surface area contributed by atoms with Crippen LogP contribution >= 0.6 is 0 Å². The zero-order valence-corrected chi connectivity index (χ0v) is 5.02. The third kappa shape index (κ3) is 1.05. The van der Waals surface area contributed by atoms with Crippen molar-refractivity contribution in [3.63, 3.8) is 0 Å². The van der Waals surface area contributed by atoms with Gasteiger partial charge in [0, 0.05) is 0 Å². The van der Waals surface area contributed by atoms with Crippen molar-refractivity contribution in [1.82, 2.24) is 0 Å². The van der Waals surface area contributed by atoms with Crippen LogP contribution in [-0.4, -0.2) is 0 Å². The lowest BCUT2D eigenvalue weighted by Gasteiger charge is -1.75. The first-order chi connectivity index (χ1) is 3.34. The summed E-state index contributed by atoms with van der Waals surface area (Å²) in [6.45, 7) is 4.38. The van der Waals surface area contributed by atoms with Crippen molar-refractivity contribution in [2.75, 3.05) is 0 Å². The maximum atomic E-state index is 2.30. The van der Waals surface area contributed by atoms with Gasteiger partial charge in [-0.25, -0.2) is 0 Å². The van der Waals surface area contributed by atoms with Gasteiger partial charge in [0.2, 0.25) is 0 Å². The van der Waals surface area contributed by atoms with E-state index in [1.807, 2.05) is 0 Å². The van der Waals surface area contributed by atoms with Gasteiger partial charge in [-0.1, -0.05) is 19.1 Å². The highest BCUT2D eigenvalue weighted by Crippen LogP contribution is 2.38. The first kappa shape index (κ1) is 4.89. The second-order valence-electron chi connectivity index (χ2n) is 2.40. The molecule has 7 heavy (non-hydrogen) atoms. The first-order valence-corrected chi connectivity index (χ1v) is 2.97. The van der Waals surface area contributed by atoms with Crippen LogP contribution < -0.4 is 0 Å². The molecule has 1 rings (SSSR count). The monoisotopic (exact) mass is 96.1 g/mol. The fourth-order valence-electron chi connectivity index (χ4n) is 0.866. The standard InChI is InChI=1S/C7H12/c1-3-4-7-5-6(7)2/h3-4,6-7H,5H2,1-2H3/b4-3-/t6-,7-/m0/s1. The Morgan fingerprint density at radius 1 is 1.57 bits per heavy atom. The quantitative estimate of drug-likeness (QED) is 0.439. The topological polar surface area (TPSA) is 0 Å². The molecule has 1 aliphatic rings. The summed E-state index contributed by atoms with van der Waals surface area (Å²) in [4.78, 5) is 0. The van der Waals surface area contributed by atoms with Crippen molar-refractivity contribution >= 4 is 0 Å². The van der Waals surface area contributed by atoms with Gasteiger partial charge in [0.05, 0.1) is 0 Å². The van der Waals surface area contributed by atoms with Gasteiger partial charge >= 0.3 is 0 Å². The molecule has 0 heteroatoms. The lowest BCUT2D eigenvalue weighted by Crippen LogP contribution is -1.64. The van der Waals surface area contributed by atoms with Crippen LogP contribution in [0.1, 0.15) is 20.3 Å². The Kier molecular flexibility index (Phi) is 1.18. The SMILES string of the molecule is C/C=C\[C@H]1C[C@@H]1C. The average Bonchev–Trinajstić information content (AvgIpc) is 2.22. The number of hydrogen-bond donors (Lipinski definition) is 0. The molecule has 0 aromatic rings. The Balaban J connectivity index is 2.21. The van der Waals surface area contributed by atoms with Gasteiger partial charge < -0.3 is 0 Å². The second-order valence-corrected chi connectivity index (χ2v) is 2.40. The summed E-state index contributed by atoms with van der Waals surface area (Å²) >= 11 is 0. The molecule has 0 aromatic carbocycles. The molecule has 0 heterocycles. The Morgan fingerprint density at radius 3 is 2.29 bits per heavy atom. The van der Waals surface area contributed by atoms with Crippen LogP contribution in [0, 0.1) is 11.8 Å². The molecule has 0 bridgehead atoms. The molecule has 1 saturated carbocycles. The lowest BCUT2D eigenvalue weighted by molar-refractivity contribution is 0.898. The zero-order chi connectivity index (χ0) is 5.28. The molecular formula is C7H12. The van der Waals surface area contributed by atoms with Gasteiger partial charge in [0.15, 0.2) is 0 Å². The summed E-state index contributed by atoms with van der Waals surface area (Å²) in [5.74, 6) is 1.92. The minimum atomic E-state index is 0.935. The van der Waals surface area contributed by atoms with E-state index in [-0.39, 0.29) is 0 Å². The van der Waals surface area contributed by atoms with E-state index in [1.54, 1.807) is 0 Å². The fourth-order valence-corrected chi connectivity index (χ4v) is 0.866. The maximum absolute atomic E-state index is 2.30. The van der Waals surface area contributed by atoms with E-state index in [2.05, 4.69) is 26.0 Å². The van der Waals surface area contributed by atoms with E-state index in [0.29, 0.717) is 0 Å². The van der Waals surface area contributed by atoms with Gasteiger partial charge in [0.25, 0.3) is 0 Å². The van der Waals surface area contributed by atoms with Gasteiger partial charge in [-0.2, -0.15) is 0 Å². The Bertz CT molecular complexity index is 82.0. The molecule has 0 saturated heterocycles. The molecule has 0 aromatic heterocycles. The summed E-state index contributed by atoms with van der Waals surface area (Å²) in [7, 11) is 0.